The van der Waals surface area contributed by atoms with Crippen LogP contribution in [0.15, 0.2) is 0 Å². The Morgan fingerprint density at radius 3 is 2.74 bits per heavy atom. The van der Waals surface area contributed by atoms with Gasteiger partial charge in [0.05, 0.1) is 0 Å². The lowest BCUT2D eigenvalue weighted by atomic mass is 10.0. The topological polar surface area (TPSA) is 61.4 Å². The molecule has 106 valence electrons. The Kier molecular flexibility index (Phi) is 3.73. The lowest BCUT2D eigenvalue weighted by Crippen LogP contribution is -2.46. The maximum atomic E-state index is 12.3. The third kappa shape index (κ3) is 3.08. The van der Waals surface area contributed by atoms with Crippen LogP contribution in [-0.4, -0.2) is 48.4 Å². The van der Waals surface area contributed by atoms with Crippen molar-refractivity contribution >= 4 is 11.8 Å². The summed E-state index contributed by atoms with van der Waals surface area (Å²) in [7, 11) is 0. The Hall–Kier alpha value is -1.10. The van der Waals surface area contributed by atoms with Gasteiger partial charge < -0.3 is 15.5 Å². The molecule has 5 nitrogen and oxygen atoms in total. The fraction of sp³-hybridized carbons (Fsp3) is 0.857. The van der Waals surface area contributed by atoms with E-state index in [1.165, 1.54) is 0 Å². The molecule has 1 saturated carbocycles. The molecule has 2 aliphatic heterocycles. The van der Waals surface area contributed by atoms with E-state index in [9.17, 15) is 9.59 Å². The summed E-state index contributed by atoms with van der Waals surface area (Å²) < 4.78 is 0. The van der Waals surface area contributed by atoms with E-state index in [1.807, 2.05) is 4.90 Å². The van der Waals surface area contributed by atoms with Crippen molar-refractivity contribution < 1.29 is 9.59 Å². The summed E-state index contributed by atoms with van der Waals surface area (Å²) in [6, 6.07) is 0.173. The minimum absolute atomic E-state index is 0.0675. The summed E-state index contributed by atoms with van der Waals surface area (Å²) in [4.78, 5) is 26.3. The van der Waals surface area contributed by atoms with Crippen molar-refractivity contribution in [3.8, 4) is 0 Å². The monoisotopic (exact) mass is 265 g/mol. The molecule has 0 aromatic carbocycles. The van der Waals surface area contributed by atoms with Gasteiger partial charge in [-0.25, -0.2) is 0 Å². The SMILES string of the molecule is O=C(NC1CC1)C1CCCN1C(=O)CC1CCNC1. The zero-order valence-electron chi connectivity index (χ0n) is 11.4. The zero-order chi connectivity index (χ0) is 13.2. The predicted octanol–water partition coefficient (Wildman–Crippen LogP) is 0.256. The quantitative estimate of drug-likeness (QED) is 0.766. The maximum Gasteiger partial charge on any atom is 0.243 e. The first-order valence-corrected chi connectivity index (χ1v) is 7.54. The zero-order valence-corrected chi connectivity index (χ0v) is 11.4. The van der Waals surface area contributed by atoms with Crippen LogP contribution in [-0.2, 0) is 9.59 Å². The summed E-state index contributed by atoms with van der Waals surface area (Å²) in [5.41, 5.74) is 0. The predicted molar refractivity (Wildman–Crippen MR) is 71.5 cm³/mol. The van der Waals surface area contributed by atoms with E-state index in [0.717, 1.165) is 51.7 Å². The van der Waals surface area contributed by atoms with Crippen molar-refractivity contribution in [3.63, 3.8) is 0 Å². The first-order chi connectivity index (χ1) is 9.24. The summed E-state index contributed by atoms with van der Waals surface area (Å²) in [5.74, 6) is 0.695. The number of hydrogen-bond acceptors (Lipinski definition) is 3. The number of carbonyl (C=O) groups excluding carboxylic acids is 2. The number of carbonyl (C=O) groups is 2. The average molecular weight is 265 g/mol. The molecule has 0 radical (unpaired) electrons. The van der Waals surface area contributed by atoms with Gasteiger partial charge in [-0.15, -0.1) is 0 Å². The van der Waals surface area contributed by atoms with Crippen LogP contribution in [0.25, 0.3) is 0 Å². The van der Waals surface area contributed by atoms with Gasteiger partial charge in [-0.3, -0.25) is 9.59 Å². The molecule has 5 heteroatoms. The maximum absolute atomic E-state index is 12.3. The summed E-state index contributed by atoms with van der Waals surface area (Å²) in [6.07, 6.45) is 5.66. The van der Waals surface area contributed by atoms with E-state index in [2.05, 4.69) is 10.6 Å². The Morgan fingerprint density at radius 1 is 1.21 bits per heavy atom. The molecule has 3 fully saturated rings. The van der Waals surface area contributed by atoms with Gasteiger partial charge in [0.15, 0.2) is 0 Å². The molecule has 2 N–H and O–H groups in total. The van der Waals surface area contributed by atoms with Gasteiger partial charge in [-0.1, -0.05) is 0 Å². The van der Waals surface area contributed by atoms with Crippen LogP contribution in [0.4, 0.5) is 0 Å². The molecule has 2 saturated heterocycles. The minimum atomic E-state index is -0.206. The first-order valence-electron chi connectivity index (χ1n) is 7.54. The van der Waals surface area contributed by atoms with Crippen LogP contribution in [0.2, 0.25) is 0 Å². The smallest absolute Gasteiger partial charge is 0.243 e. The van der Waals surface area contributed by atoms with Gasteiger partial charge in [0.1, 0.15) is 6.04 Å². The van der Waals surface area contributed by atoms with Crippen molar-refractivity contribution in [2.75, 3.05) is 19.6 Å². The lowest BCUT2D eigenvalue weighted by molar-refractivity contribution is -0.139. The highest BCUT2D eigenvalue weighted by atomic mass is 16.2. The molecule has 0 aromatic rings. The molecular weight excluding hydrogens is 242 g/mol. The van der Waals surface area contributed by atoms with E-state index < -0.39 is 0 Å². The van der Waals surface area contributed by atoms with Crippen molar-refractivity contribution in [1.29, 1.82) is 0 Å². The molecule has 0 aromatic heterocycles. The third-order valence-electron chi connectivity index (χ3n) is 4.43. The van der Waals surface area contributed by atoms with Gasteiger partial charge >= 0.3 is 0 Å². The largest absolute Gasteiger partial charge is 0.352 e. The van der Waals surface area contributed by atoms with Crippen LogP contribution < -0.4 is 10.6 Å². The second kappa shape index (κ2) is 5.49. The average Bonchev–Trinajstić information content (AvgIpc) is 2.91. The van der Waals surface area contributed by atoms with Gasteiger partial charge in [0.2, 0.25) is 11.8 Å². The molecule has 3 rings (SSSR count). The van der Waals surface area contributed by atoms with E-state index in [1.54, 1.807) is 0 Å². The Labute approximate surface area is 114 Å². The fourth-order valence-electron chi connectivity index (χ4n) is 3.12. The number of nitrogens with zero attached hydrogens (tertiary/aromatic N) is 1. The minimum Gasteiger partial charge on any atom is -0.352 e. The van der Waals surface area contributed by atoms with Crippen molar-refractivity contribution in [2.45, 2.75) is 50.6 Å². The lowest BCUT2D eigenvalue weighted by Gasteiger charge is -2.25. The summed E-state index contributed by atoms with van der Waals surface area (Å²) in [5, 5.41) is 6.32. The van der Waals surface area contributed by atoms with Crippen molar-refractivity contribution in [1.82, 2.24) is 15.5 Å². The highest BCUT2D eigenvalue weighted by Gasteiger charge is 2.37. The normalized spacial score (nSPS) is 30.6. The van der Waals surface area contributed by atoms with Crippen LogP contribution in [0, 0.1) is 5.92 Å². The van der Waals surface area contributed by atoms with E-state index in [0.29, 0.717) is 18.4 Å². The number of hydrogen-bond donors (Lipinski definition) is 2. The number of rotatable bonds is 4. The molecule has 1 aliphatic carbocycles. The first kappa shape index (κ1) is 12.9. The van der Waals surface area contributed by atoms with E-state index >= 15 is 0 Å². The van der Waals surface area contributed by atoms with Crippen LogP contribution in [0.3, 0.4) is 0 Å². The molecule has 2 unspecified atom stereocenters. The number of nitrogens with one attached hydrogen (secondary N) is 2. The van der Waals surface area contributed by atoms with Gasteiger partial charge in [0.25, 0.3) is 0 Å². The van der Waals surface area contributed by atoms with Crippen LogP contribution >= 0.6 is 0 Å². The molecule has 2 heterocycles. The standard InChI is InChI=1S/C14H23N3O2/c18-13(8-10-5-6-15-9-10)17-7-1-2-12(17)14(19)16-11-3-4-11/h10-12,15H,1-9H2,(H,16,19). The summed E-state index contributed by atoms with van der Waals surface area (Å²) >= 11 is 0. The second-order valence-electron chi connectivity index (χ2n) is 6.09. The van der Waals surface area contributed by atoms with Crippen LogP contribution in [0.1, 0.15) is 38.5 Å². The third-order valence-corrected chi connectivity index (χ3v) is 4.43. The van der Waals surface area contributed by atoms with E-state index in [-0.39, 0.29) is 17.9 Å². The Balaban J connectivity index is 1.54. The number of likely N-dealkylation sites (tertiary alicyclic amines) is 1. The number of amides is 2. The van der Waals surface area contributed by atoms with Gasteiger partial charge in [-0.05, 0) is 51.1 Å². The Morgan fingerprint density at radius 2 is 2.05 bits per heavy atom. The second-order valence-corrected chi connectivity index (χ2v) is 6.09. The molecule has 0 spiro atoms. The van der Waals surface area contributed by atoms with E-state index in [4.69, 9.17) is 0 Å². The molecule has 2 atom stereocenters. The molecule has 2 amide bonds. The highest BCUT2D eigenvalue weighted by Crippen LogP contribution is 2.24. The fourth-order valence-corrected chi connectivity index (χ4v) is 3.12. The van der Waals surface area contributed by atoms with Gasteiger partial charge in [0, 0.05) is 19.0 Å². The molecule has 19 heavy (non-hydrogen) atoms. The molecule has 3 aliphatic rings. The molecule has 0 bridgehead atoms. The van der Waals surface area contributed by atoms with Crippen molar-refractivity contribution in [3.05, 3.63) is 0 Å². The summed E-state index contributed by atoms with van der Waals surface area (Å²) in [6.45, 7) is 2.71. The van der Waals surface area contributed by atoms with Crippen molar-refractivity contribution in [2.24, 2.45) is 5.92 Å². The Bertz CT molecular complexity index is 362. The molecular formula is C14H23N3O2. The van der Waals surface area contributed by atoms with Gasteiger partial charge in [-0.2, -0.15) is 0 Å². The highest BCUT2D eigenvalue weighted by molar-refractivity contribution is 5.88. The van der Waals surface area contributed by atoms with Crippen LogP contribution in [0.5, 0.6) is 0 Å².